The quantitative estimate of drug-likeness (QED) is 0.496. The van der Waals surface area contributed by atoms with Gasteiger partial charge in [-0.15, -0.1) is 0 Å². The van der Waals surface area contributed by atoms with Crippen LogP contribution in [0.2, 0.25) is 0 Å². The first kappa shape index (κ1) is 7.34. The molecule has 0 aromatic carbocycles. The largest absolute Gasteiger partial charge is 0.293 e. The van der Waals surface area contributed by atoms with Crippen LogP contribution >= 0.6 is 11.8 Å². The van der Waals surface area contributed by atoms with Gasteiger partial charge in [0.05, 0.1) is 4.91 Å². The van der Waals surface area contributed by atoms with E-state index in [1.807, 2.05) is 0 Å². The number of nitrogens with zero attached hydrogens (tertiary/aromatic N) is 1. The summed E-state index contributed by atoms with van der Waals surface area (Å²) in [5.74, 6) is -0.197. The molecule has 10 heavy (non-hydrogen) atoms. The smallest absolute Gasteiger partial charge is 0.272 e. The van der Waals surface area contributed by atoms with Gasteiger partial charge in [0.15, 0.2) is 0 Å². The van der Waals surface area contributed by atoms with E-state index in [1.54, 1.807) is 13.0 Å². The van der Waals surface area contributed by atoms with E-state index >= 15 is 0 Å². The Bertz CT molecular complexity index is 222. The average Bonchev–Trinajstić information content (AvgIpc) is 2.17. The number of hydrogen-bond acceptors (Lipinski definition) is 3. The van der Waals surface area contributed by atoms with Gasteiger partial charge in [0, 0.05) is 7.05 Å². The number of allylic oxidation sites excluding steroid dienone is 1. The molecule has 0 atom stereocenters. The lowest BCUT2D eigenvalue weighted by Crippen LogP contribution is -2.22. The molecule has 1 aliphatic rings. The van der Waals surface area contributed by atoms with Crippen molar-refractivity contribution in [3.8, 4) is 0 Å². The topological polar surface area (TPSA) is 37.4 Å². The highest BCUT2D eigenvalue weighted by atomic mass is 32.2. The summed E-state index contributed by atoms with van der Waals surface area (Å²) in [6.45, 7) is 1.74. The average molecular weight is 157 g/mol. The van der Waals surface area contributed by atoms with E-state index in [-0.39, 0.29) is 11.1 Å². The van der Waals surface area contributed by atoms with Crippen molar-refractivity contribution in [3.63, 3.8) is 0 Å². The van der Waals surface area contributed by atoms with Crippen molar-refractivity contribution < 1.29 is 9.59 Å². The molecule has 0 aromatic heterocycles. The lowest BCUT2D eigenvalue weighted by Gasteiger charge is -2.00. The third-order valence-electron chi connectivity index (χ3n) is 1.25. The SMILES string of the molecule is C/C=C1/SC(=O)N(C)C1=O. The number of carbonyl (C=O) groups is 2. The molecular formula is C6H7NO2S. The molecule has 2 amide bonds. The summed E-state index contributed by atoms with van der Waals surface area (Å²) in [4.78, 5) is 23.4. The number of amides is 2. The van der Waals surface area contributed by atoms with Gasteiger partial charge in [-0.2, -0.15) is 0 Å². The lowest BCUT2D eigenvalue weighted by atomic mass is 10.5. The van der Waals surface area contributed by atoms with Gasteiger partial charge in [-0.3, -0.25) is 14.5 Å². The van der Waals surface area contributed by atoms with Crippen LogP contribution in [0.4, 0.5) is 4.79 Å². The van der Waals surface area contributed by atoms with E-state index in [1.165, 1.54) is 7.05 Å². The van der Waals surface area contributed by atoms with E-state index in [2.05, 4.69) is 0 Å². The van der Waals surface area contributed by atoms with E-state index in [9.17, 15) is 9.59 Å². The van der Waals surface area contributed by atoms with Crippen LogP contribution in [0.5, 0.6) is 0 Å². The Morgan fingerprint density at radius 3 is 2.30 bits per heavy atom. The van der Waals surface area contributed by atoms with Crippen molar-refractivity contribution in [3.05, 3.63) is 11.0 Å². The highest BCUT2D eigenvalue weighted by molar-refractivity contribution is 8.18. The first-order chi connectivity index (χ1) is 4.66. The van der Waals surface area contributed by atoms with E-state index in [4.69, 9.17) is 0 Å². The van der Waals surface area contributed by atoms with Gasteiger partial charge in [0.25, 0.3) is 11.1 Å². The number of carbonyl (C=O) groups excluding carboxylic acids is 2. The second-order valence-electron chi connectivity index (χ2n) is 1.89. The number of thioether (sulfide) groups is 1. The van der Waals surface area contributed by atoms with E-state index in [0.29, 0.717) is 4.91 Å². The first-order valence-electron chi connectivity index (χ1n) is 2.83. The minimum Gasteiger partial charge on any atom is -0.272 e. The molecule has 0 N–H and O–H groups in total. The molecule has 4 heteroatoms. The van der Waals surface area contributed by atoms with Crippen LogP contribution in [0, 0.1) is 0 Å². The monoisotopic (exact) mass is 157 g/mol. The molecule has 0 aliphatic carbocycles. The molecule has 1 fully saturated rings. The van der Waals surface area contributed by atoms with Crippen molar-refractivity contribution in [1.82, 2.24) is 4.90 Å². The number of imide groups is 1. The molecule has 54 valence electrons. The summed E-state index contributed by atoms with van der Waals surface area (Å²) in [6.07, 6.45) is 1.65. The molecule has 0 saturated carbocycles. The summed E-state index contributed by atoms with van der Waals surface area (Å²) in [6, 6.07) is 0. The Kier molecular flexibility index (Phi) is 1.80. The zero-order chi connectivity index (χ0) is 7.72. The third-order valence-corrected chi connectivity index (χ3v) is 2.33. The fourth-order valence-corrected chi connectivity index (χ4v) is 1.39. The van der Waals surface area contributed by atoms with Crippen molar-refractivity contribution in [2.45, 2.75) is 6.92 Å². The normalized spacial score (nSPS) is 23.0. The van der Waals surface area contributed by atoms with Crippen LogP contribution < -0.4 is 0 Å². The van der Waals surface area contributed by atoms with Crippen LogP contribution in [-0.2, 0) is 4.79 Å². The number of likely N-dealkylation sites (N-methyl/N-ethyl adjacent to an activating group) is 1. The van der Waals surface area contributed by atoms with Gasteiger partial charge in [0.2, 0.25) is 0 Å². The number of rotatable bonds is 0. The standard InChI is InChI=1S/C6H7NO2S/c1-3-4-5(8)7(2)6(9)10-4/h3H,1-2H3/b4-3+. The summed E-state index contributed by atoms with van der Waals surface area (Å²) in [5, 5.41) is -0.196. The van der Waals surface area contributed by atoms with Crippen LogP contribution in [0.1, 0.15) is 6.92 Å². The van der Waals surface area contributed by atoms with E-state index in [0.717, 1.165) is 16.7 Å². The summed E-state index contributed by atoms with van der Waals surface area (Å²) < 4.78 is 0. The summed E-state index contributed by atoms with van der Waals surface area (Å²) in [7, 11) is 1.48. The van der Waals surface area contributed by atoms with Gasteiger partial charge in [-0.25, -0.2) is 0 Å². The van der Waals surface area contributed by atoms with E-state index < -0.39 is 0 Å². The van der Waals surface area contributed by atoms with Gasteiger partial charge >= 0.3 is 0 Å². The molecule has 0 bridgehead atoms. The minimum absolute atomic E-state index is 0.196. The second-order valence-corrected chi connectivity index (χ2v) is 2.88. The van der Waals surface area contributed by atoms with Gasteiger partial charge < -0.3 is 0 Å². The molecule has 1 rings (SSSR count). The Labute approximate surface area is 63.1 Å². The maximum absolute atomic E-state index is 11.0. The maximum Gasteiger partial charge on any atom is 0.293 e. The van der Waals surface area contributed by atoms with Crippen molar-refractivity contribution >= 4 is 22.9 Å². The molecule has 1 aliphatic heterocycles. The van der Waals surface area contributed by atoms with Gasteiger partial charge in [-0.05, 0) is 18.7 Å². The molecule has 0 radical (unpaired) electrons. The second kappa shape index (κ2) is 2.46. The molecule has 3 nitrogen and oxygen atoms in total. The molecular weight excluding hydrogens is 150 g/mol. The molecule has 1 heterocycles. The highest BCUT2D eigenvalue weighted by Gasteiger charge is 2.30. The zero-order valence-corrected chi connectivity index (χ0v) is 6.57. The Hall–Kier alpha value is -0.770. The fraction of sp³-hybridized carbons (Fsp3) is 0.333. The van der Waals surface area contributed by atoms with Crippen molar-refractivity contribution in [2.24, 2.45) is 0 Å². The number of hydrogen-bond donors (Lipinski definition) is 0. The minimum atomic E-state index is -0.197. The predicted molar refractivity (Wildman–Crippen MR) is 39.5 cm³/mol. The lowest BCUT2D eigenvalue weighted by molar-refractivity contribution is -0.121. The fourth-order valence-electron chi connectivity index (χ4n) is 0.637. The molecule has 0 spiro atoms. The summed E-state index contributed by atoms with van der Waals surface area (Å²) >= 11 is 0.980. The molecule has 0 unspecified atom stereocenters. The first-order valence-corrected chi connectivity index (χ1v) is 3.64. The maximum atomic E-state index is 11.0. The van der Waals surface area contributed by atoms with Crippen molar-refractivity contribution in [2.75, 3.05) is 7.05 Å². The van der Waals surface area contributed by atoms with Crippen LogP contribution in [0.15, 0.2) is 11.0 Å². The Morgan fingerprint density at radius 1 is 1.50 bits per heavy atom. The highest BCUT2D eigenvalue weighted by Crippen LogP contribution is 2.28. The van der Waals surface area contributed by atoms with Gasteiger partial charge in [-0.1, -0.05) is 6.08 Å². The molecule has 1 saturated heterocycles. The molecule has 0 aromatic rings. The van der Waals surface area contributed by atoms with Gasteiger partial charge in [0.1, 0.15) is 0 Å². The third kappa shape index (κ3) is 0.945. The summed E-state index contributed by atoms with van der Waals surface area (Å²) in [5.41, 5.74) is 0. The predicted octanol–water partition coefficient (Wildman–Crippen LogP) is 1.22. The van der Waals surface area contributed by atoms with Crippen LogP contribution in [0.25, 0.3) is 0 Å². The Morgan fingerprint density at radius 2 is 2.10 bits per heavy atom. The van der Waals surface area contributed by atoms with Crippen molar-refractivity contribution in [1.29, 1.82) is 0 Å². The Balaban J connectivity index is 2.92. The zero-order valence-electron chi connectivity index (χ0n) is 5.75. The van der Waals surface area contributed by atoms with Crippen LogP contribution in [0.3, 0.4) is 0 Å². The van der Waals surface area contributed by atoms with Crippen LogP contribution in [-0.4, -0.2) is 23.1 Å².